The summed E-state index contributed by atoms with van der Waals surface area (Å²) in [7, 11) is 1.60. The molecule has 0 saturated heterocycles. The standard InChI is InChI=1S/C22H27ClN2O2S/c1-4-20(22(27)24-3)25(13-17-10-6-5-9-16(17)2)21(26)15-28-14-18-11-7-8-12-19(18)23/h5-12,20H,4,13-15H2,1-3H3,(H,24,27). The molecule has 2 aromatic rings. The van der Waals surface area contributed by atoms with Gasteiger partial charge in [-0.05, 0) is 36.1 Å². The van der Waals surface area contributed by atoms with E-state index in [-0.39, 0.29) is 11.8 Å². The van der Waals surface area contributed by atoms with E-state index in [1.807, 2.05) is 62.4 Å². The zero-order valence-electron chi connectivity index (χ0n) is 16.6. The van der Waals surface area contributed by atoms with Crippen LogP contribution in [0.2, 0.25) is 5.02 Å². The third kappa shape index (κ3) is 6.01. The third-order valence-corrected chi connectivity index (χ3v) is 6.01. The van der Waals surface area contributed by atoms with Crippen molar-refractivity contribution in [3.63, 3.8) is 0 Å². The summed E-state index contributed by atoms with van der Waals surface area (Å²) >= 11 is 7.71. The minimum absolute atomic E-state index is 0.0456. The Morgan fingerprint density at radius 1 is 1.11 bits per heavy atom. The number of hydrogen-bond acceptors (Lipinski definition) is 3. The van der Waals surface area contributed by atoms with Crippen molar-refractivity contribution in [3.8, 4) is 0 Å². The topological polar surface area (TPSA) is 49.4 Å². The van der Waals surface area contributed by atoms with Crippen LogP contribution in [0.25, 0.3) is 0 Å². The molecular formula is C22H27ClN2O2S. The summed E-state index contributed by atoms with van der Waals surface area (Å²) in [6.45, 7) is 4.37. The summed E-state index contributed by atoms with van der Waals surface area (Å²) in [5.41, 5.74) is 3.16. The molecule has 0 aliphatic rings. The number of benzene rings is 2. The molecular weight excluding hydrogens is 392 g/mol. The van der Waals surface area contributed by atoms with Crippen LogP contribution in [-0.4, -0.2) is 35.6 Å². The van der Waals surface area contributed by atoms with Crippen molar-refractivity contribution in [1.82, 2.24) is 10.2 Å². The molecule has 0 aliphatic heterocycles. The first kappa shape index (κ1) is 22.3. The van der Waals surface area contributed by atoms with Crippen molar-refractivity contribution in [2.75, 3.05) is 12.8 Å². The lowest BCUT2D eigenvalue weighted by Gasteiger charge is -2.30. The number of carbonyl (C=O) groups is 2. The summed E-state index contributed by atoms with van der Waals surface area (Å²) in [5.74, 6) is 0.765. The number of rotatable bonds is 9. The molecule has 0 fully saturated rings. The first-order valence-electron chi connectivity index (χ1n) is 9.34. The van der Waals surface area contributed by atoms with Crippen molar-refractivity contribution in [1.29, 1.82) is 0 Å². The molecule has 4 nitrogen and oxygen atoms in total. The van der Waals surface area contributed by atoms with Crippen LogP contribution >= 0.6 is 23.4 Å². The van der Waals surface area contributed by atoms with Crippen LogP contribution in [0.5, 0.6) is 0 Å². The van der Waals surface area contributed by atoms with Gasteiger partial charge in [-0.1, -0.05) is 61.0 Å². The Balaban J connectivity index is 2.12. The highest BCUT2D eigenvalue weighted by Crippen LogP contribution is 2.22. The largest absolute Gasteiger partial charge is 0.357 e. The van der Waals surface area contributed by atoms with E-state index >= 15 is 0 Å². The van der Waals surface area contributed by atoms with E-state index in [2.05, 4.69) is 5.32 Å². The minimum Gasteiger partial charge on any atom is -0.357 e. The Morgan fingerprint density at radius 3 is 2.36 bits per heavy atom. The molecule has 28 heavy (non-hydrogen) atoms. The van der Waals surface area contributed by atoms with Gasteiger partial charge >= 0.3 is 0 Å². The number of nitrogens with zero attached hydrogens (tertiary/aromatic N) is 1. The van der Waals surface area contributed by atoms with Crippen LogP contribution < -0.4 is 5.32 Å². The molecule has 6 heteroatoms. The molecule has 2 rings (SSSR count). The van der Waals surface area contributed by atoms with Crippen LogP contribution in [0.15, 0.2) is 48.5 Å². The monoisotopic (exact) mass is 418 g/mol. The number of nitrogens with one attached hydrogen (secondary N) is 1. The van der Waals surface area contributed by atoms with Gasteiger partial charge in [-0.3, -0.25) is 9.59 Å². The van der Waals surface area contributed by atoms with Gasteiger partial charge < -0.3 is 10.2 Å². The maximum absolute atomic E-state index is 13.0. The second-order valence-electron chi connectivity index (χ2n) is 6.57. The zero-order chi connectivity index (χ0) is 20.5. The predicted octanol–water partition coefficient (Wildman–Crippen LogP) is 4.44. The molecule has 0 bridgehead atoms. The van der Waals surface area contributed by atoms with Crippen LogP contribution in [0.4, 0.5) is 0 Å². The van der Waals surface area contributed by atoms with Gasteiger partial charge in [-0.2, -0.15) is 0 Å². The summed E-state index contributed by atoms with van der Waals surface area (Å²) in [6, 6.07) is 15.1. The molecule has 1 atom stereocenters. The lowest BCUT2D eigenvalue weighted by atomic mass is 10.1. The molecule has 1 N–H and O–H groups in total. The number of halogens is 1. The number of aryl methyl sites for hydroxylation is 1. The van der Waals surface area contributed by atoms with Crippen LogP contribution in [0, 0.1) is 6.92 Å². The molecule has 0 heterocycles. The van der Waals surface area contributed by atoms with E-state index < -0.39 is 6.04 Å². The fourth-order valence-electron chi connectivity index (χ4n) is 3.00. The summed E-state index contributed by atoms with van der Waals surface area (Å²) in [5, 5.41) is 3.39. The summed E-state index contributed by atoms with van der Waals surface area (Å²) < 4.78 is 0. The number of amides is 2. The molecule has 150 valence electrons. The number of thioether (sulfide) groups is 1. The highest BCUT2D eigenvalue weighted by Gasteiger charge is 2.28. The average Bonchev–Trinajstić information content (AvgIpc) is 2.70. The van der Waals surface area contributed by atoms with Gasteiger partial charge in [-0.25, -0.2) is 0 Å². The Bertz CT molecular complexity index is 813. The SMILES string of the molecule is CCC(C(=O)NC)N(Cc1ccccc1C)C(=O)CSCc1ccccc1Cl. The summed E-state index contributed by atoms with van der Waals surface area (Å²) in [6.07, 6.45) is 0.562. The van der Waals surface area contributed by atoms with Gasteiger partial charge in [-0.15, -0.1) is 11.8 Å². The van der Waals surface area contributed by atoms with Crippen molar-refractivity contribution >= 4 is 35.2 Å². The number of hydrogen-bond donors (Lipinski definition) is 1. The first-order chi connectivity index (χ1) is 13.5. The average molecular weight is 419 g/mol. The van der Waals surface area contributed by atoms with Crippen LogP contribution in [-0.2, 0) is 21.9 Å². The molecule has 0 saturated carbocycles. The van der Waals surface area contributed by atoms with Gasteiger partial charge in [0.15, 0.2) is 0 Å². The highest BCUT2D eigenvalue weighted by atomic mass is 35.5. The molecule has 0 spiro atoms. The number of carbonyl (C=O) groups excluding carboxylic acids is 2. The molecule has 2 aromatic carbocycles. The maximum Gasteiger partial charge on any atom is 0.242 e. The van der Waals surface area contributed by atoms with E-state index in [0.29, 0.717) is 29.5 Å². The lowest BCUT2D eigenvalue weighted by molar-refractivity contribution is -0.139. The molecule has 2 amide bonds. The lowest BCUT2D eigenvalue weighted by Crippen LogP contribution is -2.48. The Hall–Kier alpha value is -1.98. The Morgan fingerprint density at radius 2 is 1.75 bits per heavy atom. The normalized spacial score (nSPS) is 11.7. The van der Waals surface area contributed by atoms with Gasteiger partial charge in [0.2, 0.25) is 11.8 Å². The van der Waals surface area contributed by atoms with Crippen molar-refractivity contribution in [2.24, 2.45) is 0 Å². The third-order valence-electron chi connectivity index (χ3n) is 4.68. The van der Waals surface area contributed by atoms with Crippen molar-refractivity contribution < 1.29 is 9.59 Å². The Labute approximate surface area is 176 Å². The Kier molecular flexibility index (Phi) is 8.87. The molecule has 1 unspecified atom stereocenters. The quantitative estimate of drug-likeness (QED) is 0.655. The van der Waals surface area contributed by atoms with Crippen LogP contribution in [0.1, 0.15) is 30.0 Å². The second-order valence-corrected chi connectivity index (χ2v) is 7.96. The van der Waals surface area contributed by atoms with Gasteiger partial charge in [0, 0.05) is 24.4 Å². The van der Waals surface area contributed by atoms with Crippen molar-refractivity contribution in [3.05, 3.63) is 70.2 Å². The van der Waals surface area contributed by atoms with Gasteiger partial charge in [0.25, 0.3) is 0 Å². The van der Waals surface area contributed by atoms with E-state index in [9.17, 15) is 9.59 Å². The van der Waals surface area contributed by atoms with E-state index in [4.69, 9.17) is 11.6 Å². The van der Waals surface area contributed by atoms with E-state index in [1.54, 1.807) is 11.9 Å². The molecule has 0 aliphatic carbocycles. The van der Waals surface area contributed by atoms with Gasteiger partial charge in [0.1, 0.15) is 6.04 Å². The smallest absolute Gasteiger partial charge is 0.242 e. The predicted molar refractivity (Wildman–Crippen MR) is 117 cm³/mol. The van der Waals surface area contributed by atoms with E-state index in [0.717, 1.165) is 16.7 Å². The van der Waals surface area contributed by atoms with Crippen molar-refractivity contribution in [2.45, 2.75) is 38.6 Å². The first-order valence-corrected chi connectivity index (χ1v) is 10.9. The maximum atomic E-state index is 13.0. The number of likely N-dealkylation sites (N-methyl/N-ethyl adjacent to an activating group) is 1. The molecule has 0 radical (unpaired) electrons. The van der Waals surface area contributed by atoms with E-state index in [1.165, 1.54) is 11.8 Å². The fraction of sp³-hybridized carbons (Fsp3) is 0.364. The van der Waals surface area contributed by atoms with Crippen LogP contribution in [0.3, 0.4) is 0 Å². The minimum atomic E-state index is -0.488. The fourth-order valence-corrected chi connectivity index (χ4v) is 4.20. The summed E-state index contributed by atoms with van der Waals surface area (Å²) in [4.78, 5) is 27.1. The molecule has 0 aromatic heterocycles. The second kappa shape index (κ2) is 11.1. The zero-order valence-corrected chi connectivity index (χ0v) is 18.1. The highest BCUT2D eigenvalue weighted by molar-refractivity contribution is 7.99. The van der Waals surface area contributed by atoms with Gasteiger partial charge in [0.05, 0.1) is 5.75 Å².